The lowest BCUT2D eigenvalue weighted by molar-refractivity contribution is -0.0503. The molecule has 0 bridgehead atoms. The highest BCUT2D eigenvalue weighted by molar-refractivity contribution is 5.97. The molecule has 1 saturated heterocycles. The number of halogens is 2. The molecule has 116 valence electrons. The van der Waals surface area contributed by atoms with Crippen molar-refractivity contribution in [3.8, 4) is 5.75 Å². The Hall–Kier alpha value is -1.69. The molecule has 0 saturated carbocycles. The maximum absolute atomic E-state index is 12.6. The Morgan fingerprint density at radius 3 is 2.81 bits per heavy atom. The molecule has 0 radical (unpaired) electrons. The van der Waals surface area contributed by atoms with Crippen molar-refractivity contribution in [3.63, 3.8) is 0 Å². The molecule has 1 aromatic rings. The Bertz CT molecular complexity index is 482. The summed E-state index contributed by atoms with van der Waals surface area (Å²) in [6.45, 7) is -2.58. The van der Waals surface area contributed by atoms with E-state index in [2.05, 4.69) is 4.74 Å². The number of benzene rings is 1. The number of carbonyl (C=O) groups excluding carboxylic acids is 1. The molecule has 2 rings (SSSR count). The van der Waals surface area contributed by atoms with Gasteiger partial charge in [0.1, 0.15) is 5.75 Å². The highest BCUT2D eigenvalue weighted by Crippen LogP contribution is 2.25. The predicted molar refractivity (Wildman–Crippen MR) is 73.5 cm³/mol. The van der Waals surface area contributed by atoms with E-state index in [1.807, 2.05) is 0 Å². The molecule has 1 fully saturated rings. The third kappa shape index (κ3) is 3.91. The topological polar surface area (TPSA) is 49.8 Å². The van der Waals surface area contributed by atoms with Crippen LogP contribution in [0.5, 0.6) is 5.75 Å². The van der Waals surface area contributed by atoms with Gasteiger partial charge >= 0.3 is 6.61 Å². The van der Waals surface area contributed by atoms with E-state index >= 15 is 0 Å². The minimum atomic E-state index is -2.98. The first-order valence-corrected chi connectivity index (χ1v) is 7.09. The zero-order valence-corrected chi connectivity index (χ0v) is 11.7. The van der Waals surface area contributed by atoms with Crippen molar-refractivity contribution in [2.75, 3.05) is 13.2 Å². The van der Waals surface area contributed by atoms with Crippen molar-refractivity contribution in [3.05, 3.63) is 29.8 Å². The molecule has 0 aromatic heterocycles. The fraction of sp³-hybridized carbons (Fsp3) is 0.533. The molecule has 1 aromatic carbocycles. The second-order valence-corrected chi connectivity index (χ2v) is 5.06. The minimum absolute atomic E-state index is 0.109. The Morgan fingerprint density at radius 1 is 1.33 bits per heavy atom. The van der Waals surface area contributed by atoms with E-state index in [-0.39, 0.29) is 29.9 Å². The van der Waals surface area contributed by atoms with Crippen LogP contribution in [-0.4, -0.2) is 41.7 Å². The summed E-state index contributed by atoms with van der Waals surface area (Å²) in [6.07, 6.45) is 3.51. The molecule has 1 aliphatic heterocycles. The monoisotopic (exact) mass is 299 g/mol. The highest BCUT2D eigenvalue weighted by atomic mass is 19.3. The number of para-hydroxylation sites is 1. The quantitative estimate of drug-likeness (QED) is 0.930. The standard InChI is InChI=1S/C15H19F2NO3/c16-15(17)21-13-8-4-3-7-12(13)14(20)18-9-5-1-2-6-11(18)10-19/h3-4,7-8,11,15,19H,1-2,5-6,9-10H2. The largest absolute Gasteiger partial charge is 0.434 e. The second kappa shape index (κ2) is 7.36. The van der Waals surface area contributed by atoms with E-state index in [1.54, 1.807) is 17.0 Å². The third-order valence-corrected chi connectivity index (χ3v) is 3.68. The van der Waals surface area contributed by atoms with E-state index in [0.29, 0.717) is 6.54 Å². The minimum Gasteiger partial charge on any atom is -0.434 e. The van der Waals surface area contributed by atoms with E-state index in [1.165, 1.54) is 12.1 Å². The molecular weight excluding hydrogens is 280 g/mol. The van der Waals surface area contributed by atoms with Crippen molar-refractivity contribution >= 4 is 5.91 Å². The Morgan fingerprint density at radius 2 is 2.10 bits per heavy atom. The number of aliphatic hydroxyl groups is 1. The lowest BCUT2D eigenvalue weighted by Crippen LogP contribution is -2.42. The predicted octanol–water partition coefficient (Wildman–Crippen LogP) is 2.67. The number of carbonyl (C=O) groups is 1. The average molecular weight is 299 g/mol. The first-order valence-electron chi connectivity index (χ1n) is 7.09. The summed E-state index contributed by atoms with van der Waals surface area (Å²) in [4.78, 5) is 14.2. The van der Waals surface area contributed by atoms with Crippen molar-refractivity contribution in [2.45, 2.75) is 38.3 Å². The summed E-state index contributed by atoms with van der Waals surface area (Å²) in [5.41, 5.74) is 0.109. The van der Waals surface area contributed by atoms with Gasteiger partial charge in [-0.1, -0.05) is 25.0 Å². The summed E-state index contributed by atoms with van der Waals surface area (Å²) in [6, 6.07) is 5.71. The SMILES string of the molecule is O=C(c1ccccc1OC(F)F)N1CCCCCC1CO. The number of nitrogens with zero attached hydrogens (tertiary/aromatic N) is 1. The summed E-state index contributed by atoms with van der Waals surface area (Å²) < 4.78 is 29.3. The van der Waals surface area contributed by atoms with Gasteiger partial charge in [-0.2, -0.15) is 8.78 Å². The molecule has 1 amide bonds. The summed E-state index contributed by atoms with van der Waals surface area (Å²) in [5, 5.41) is 9.45. The smallest absolute Gasteiger partial charge is 0.387 e. The van der Waals surface area contributed by atoms with Gasteiger partial charge in [-0.25, -0.2) is 0 Å². The lowest BCUT2D eigenvalue weighted by Gasteiger charge is -2.29. The van der Waals surface area contributed by atoms with Gasteiger partial charge in [0.15, 0.2) is 0 Å². The first kappa shape index (κ1) is 15.7. The van der Waals surface area contributed by atoms with Crippen molar-refractivity contribution in [2.24, 2.45) is 0 Å². The molecule has 4 nitrogen and oxygen atoms in total. The maximum atomic E-state index is 12.6. The van der Waals surface area contributed by atoms with Gasteiger partial charge in [-0.05, 0) is 25.0 Å². The van der Waals surface area contributed by atoms with Crippen LogP contribution in [0, 0.1) is 0 Å². The summed E-state index contributed by atoms with van der Waals surface area (Å²) >= 11 is 0. The molecule has 0 aliphatic carbocycles. The lowest BCUT2D eigenvalue weighted by atomic mass is 10.1. The normalized spacial score (nSPS) is 19.4. The number of amides is 1. The van der Waals surface area contributed by atoms with Gasteiger partial charge in [0.2, 0.25) is 0 Å². The van der Waals surface area contributed by atoms with Crippen molar-refractivity contribution in [1.29, 1.82) is 0 Å². The third-order valence-electron chi connectivity index (χ3n) is 3.68. The van der Waals surface area contributed by atoms with Gasteiger partial charge in [0, 0.05) is 6.54 Å². The van der Waals surface area contributed by atoms with Gasteiger partial charge < -0.3 is 14.7 Å². The van der Waals surface area contributed by atoms with Crippen molar-refractivity contribution < 1.29 is 23.4 Å². The number of aliphatic hydroxyl groups excluding tert-OH is 1. The number of hydrogen-bond acceptors (Lipinski definition) is 3. The number of hydrogen-bond donors (Lipinski definition) is 1. The van der Waals surface area contributed by atoms with E-state index in [0.717, 1.165) is 25.7 Å². The Labute approximate surface area is 122 Å². The molecule has 1 heterocycles. The molecule has 6 heteroatoms. The van der Waals surface area contributed by atoms with Crippen LogP contribution in [0.4, 0.5) is 8.78 Å². The maximum Gasteiger partial charge on any atom is 0.387 e. The zero-order chi connectivity index (χ0) is 15.2. The van der Waals surface area contributed by atoms with Crippen LogP contribution >= 0.6 is 0 Å². The van der Waals surface area contributed by atoms with Crippen LogP contribution in [0.15, 0.2) is 24.3 Å². The number of rotatable bonds is 4. The molecule has 1 atom stereocenters. The summed E-state index contributed by atoms with van der Waals surface area (Å²) in [5.74, 6) is -0.495. The number of ether oxygens (including phenoxy) is 1. The molecule has 1 aliphatic rings. The fourth-order valence-electron chi connectivity index (χ4n) is 2.63. The molecule has 1 unspecified atom stereocenters. The first-order chi connectivity index (χ1) is 10.1. The average Bonchev–Trinajstić information content (AvgIpc) is 2.71. The van der Waals surface area contributed by atoms with E-state index in [9.17, 15) is 18.7 Å². The molecule has 1 N–H and O–H groups in total. The van der Waals surface area contributed by atoms with Crippen LogP contribution < -0.4 is 4.74 Å². The second-order valence-electron chi connectivity index (χ2n) is 5.06. The van der Waals surface area contributed by atoms with Crippen molar-refractivity contribution in [1.82, 2.24) is 4.90 Å². The van der Waals surface area contributed by atoms with Crippen LogP contribution in [-0.2, 0) is 0 Å². The fourth-order valence-corrected chi connectivity index (χ4v) is 2.63. The highest BCUT2D eigenvalue weighted by Gasteiger charge is 2.27. The van der Waals surface area contributed by atoms with E-state index < -0.39 is 6.61 Å². The number of likely N-dealkylation sites (tertiary alicyclic amines) is 1. The van der Waals surface area contributed by atoms with Gasteiger partial charge in [0.05, 0.1) is 18.2 Å². The van der Waals surface area contributed by atoms with Gasteiger partial charge in [0.25, 0.3) is 5.91 Å². The van der Waals surface area contributed by atoms with E-state index in [4.69, 9.17) is 0 Å². The van der Waals surface area contributed by atoms with Crippen LogP contribution in [0.25, 0.3) is 0 Å². The van der Waals surface area contributed by atoms with Crippen LogP contribution in [0.1, 0.15) is 36.0 Å². The Kier molecular flexibility index (Phi) is 5.50. The zero-order valence-electron chi connectivity index (χ0n) is 11.7. The Balaban J connectivity index is 2.25. The molecule has 0 spiro atoms. The molecular formula is C15H19F2NO3. The summed E-state index contributed by atoms with van der Waals surface area (Å²) in [7, 11) is 0. The molecule has 21 heavy (non-hydrogen) atoms. The van der Waals surface area contributed by atoms with Crippen LogP contribution in [0.3, 0.4) is 0 Å². The van der Waals surface area contributed by atoms with Gasteiger partial charge in [-0.3, -0.25) is 4.79 Å². The number of alkyl halides is 2. The van der Waals surface area contributed by atoms with Crippen LogP contribution in [0.2, 0.25) is 0 Å². The van der Waals surface area contributed by atoms with Gasteiger partial charge in [-0.15, -0.1) is 0 Å².